The topological polar surface area (TPSA) is 74.2 Å². The molecule has 1 aromatic carbocycles. The Morgan fingerprint density at radius 1 is 1.10 bits per heavy atom. The number of rotatable bonds is 3. The number of para-hydroxylation sites is 1. The van der Waals surface area contributed by atoms with E-state index in [1.807, 2.05) is 44.2 Å². The van der Waals surface area contributed by atoms with Crippen molar-refractivity contribution >= 4 is 49.9 Å². The number of carbonyl (C=O) groups excluding carboxylic acids is 1. The third-order valence-electron chi connectivity index (χ3n) is 5.74. The summed E-state index contributed by atoms with van der Waals surface area (Å²) in [6.45, 7) is 7.73. The van der Waals surface area contributed by atoms with Crippen LogP contribution >= 0.6 is 11.3 Å². The summed E-state index contributed by atoms with van der Waals surface area (Å²) in [5, 5.41) is 4.99. The van der Waals surface area contributed by atoms with E-state index < -0.39 is 0 Å². The predicted molar refractivity (Wildman–Crippen MR) is 126 cm³/mol. The van der Waals surface area contributed by atoms with Gasteiger partial charge in [-0.15, -0.1) is 11.3 Å². The average molecular weight is 433 g/mol. The lowest BCUT2D eigenvalue weighted by Gasteiger charge is -2.33. The van der Waals surface area contributed by atoms with Gasteiger partial charge in [-0.3, -0.25) is 9.78 Å². The van der Waals surface area contributed by atoms with Crippen LogP contribution in [0.15, 0.2) is 36.5 Å². The number of fused-ring (bicyclic) bond motifs is 2. The van der Waals surface area contributed by atoms with Crippen LogP contribution in [0, 0.1) is 13.8 Å². The van der Waals surface area contributed by atoms with Crippen LogP contribution in [0.1, 0.15) is 21.1 Å². The van der Waals surface area contributed by atoms with Crippen molar-refractivity contribution in [3.05, 3.63) is 52.8 Å². The fourth-order valence-electron chi connectivity index (χ4n) is 4.01. The van der Waals surface area contributed by atoms with Crippen molar-refractivity contribution in [2.45, 2.75) is 13.8 Å². The molecule has 31 heavy (non-hydrogen) atoms. The molecule has 5 rings (SSSR count). The molecule has 8 heteroatoms. The summed E-state index contributed by atoms with van der Waals surface area (Å²) >= 11 is 1.43. The van der Waals surface area contributed by atoms with Crippen LogP contribution in [0.3, 0.4) is 0 Å². The second-order valence-corrected chi connectivity index (χ2v) is 8.99. The normalized spacial score (nSPS) is 15.0. The fraction of sp³-hybridized carbons (Fsp3) is 0.304. The SMILES string of the molecule is Cc1nc(N2CCN(C)CC2)c2c(C)c(C(=O)Nc3cnc4ccccc4c3)sc2n1. The zero-order valence-corrected chi connectivity index (χ0v) is 18.7. The van der Waals surface area contributed by atoms with Gasteiger partial charge in [-0.05, 0) is 38.6 Å². The first-order valence-electron chi connectivity index (χ1n) is 10.4. The maximum absolute atomic E-state index is 13.2. The molecule has 4 aromatic rings. The van der Waals surface area contributed by atoms with E-state index in [0.717, 1.165) is 64.5 Å². The number of carbonyl (C=O) groups is 1. The van der Waals surface area contributed by atoms with E-state index in [0.29, 0.717) is 10.6 Å². The molecule has 7 nitrogen and oxygen atoms in total. The maximum Gasteiger partial charge on any atom is 0.266 e. The van der Waals surface area contributed by atoms with Crippen LogP contribution in [0.5, 0.6) is 0 Å². The Hall–Kier alpha value is -3.10. The molecule has 1 saturated heterocycles. The minimum atomic E-state index is -0.139. The standard InChI is InChI=1S/C23H24N6OS/c1-14-19-21(29-10-8-28(3)9-11-29)25-15(2)26-23(19)31-20(14)22(30)27-17-12-16-6-4-5-7-18(16)24-13-17/h4-7,12-13H,8-11H2,1-3H3,(H,27,30). The number of piperazine rings is 1. The predicted octanol–water partition coefficient (Wildman–Crippen LogP) is 3.86. The second kappa shape index (κ2) is 7.86. The van der Waals surface area contributed by atoms with Gasteiger partial charge in [-0.2, -0.15) is 0 Å². The summed E-state index contributed by atoms with van der Waals surface area (Å²) in [6.07, 6.45) is 1.70. The number of thiophene rings is 1. The highest BCUT2D eigenvalue weighted by molar-refractivity contribution is 7.20. The average Bonchev–Trinajstić information content (AvgIpc) is 3.10. The monoisotopic (exact) mass is 432 g/mol. The lowest BCUT2D eigenvalue weighted by Crippen LogP contribution is -2.45. The van der Waals surface area contributed by atoms with Crippen LogP contribution < -0.4 is 10.2 Å². The van der Waals surface area contributed by atoms with Gasteiger partial charge < -0.3 is 15.1 Å². The Balaban J connectivity index is 1.50. The maximum atomic E-state index is 13.2. The van der Waals surface area contributed by atoms with E-state index in [2.05, 4.69) is 32.1 Å². The van der Waals surface area contributed by atoms with Gasteiger partial charge in [0, 0.05) is 31.6 Å². The zero-order valence-electron chi connectivity index (χ0n) is 17.8. The van der Waals surface area contributed by atoms with Gasteiger partial charge in [0.15, 0.2) is 0 Å². The van der Waals surface area contributed by atoms with Crippen molar-refractivity contribution in [1.82, 2.24) is 19.9 Å². The Morgan fingerprint density at radius 2 is 1.87 bits per heavy atom. The largest absolute Gasteiger partial charge is 0.353 e. The summed E-state index contributed by atoms with van der Waals surface area (Å²) in [4.78, 5) is 33.2. The van der Waals surface area contributed by atoms with Gasteiger partial charge in [0.2, 0.25) is 0 Å². The number of anilines is 2. The van der Waals surface area contributed by atoms with E-state index in [1.54, 1.807) is 6.20 Å². The fourth-order valence-corrected chi connectivity index (χ4v) is 5.13. The molecule has 1 aliphatic rings. The highest BCUT2D eigenvalue weighted by Crippen LogP contribution is 2.36. The highest BCUT2D eigenvalue weighted by atomic mass is 32.1. The van der Waals surface area contributed by atoms with E-state index >= 15 is 0 Å². The van der Waals surface area contributed by atoms with Crippen molar-refractivity contribution in [2.24, 2.45) is 0 Å². The first-order chi connectivity index (χ1) is 15.0. The van der Waals surface area contributed by atoms with Crippen LogP contribution in [0.2, 0.25) is 0 Å². The van der Waals surface area contributed by atoms with Crippen molar-refractivity contribution in [2.75, 3.05) is 43.4 Å². The van der Waals surface area contributed by atoms with Gasteiger partial charge in [0.25, 0.3) is 5.91 Å². The number of likely N-dealkylation sites (N-methyl/N-ethyl adjacent to an activating group) is 1. The summed E-state index contributed by atoms with van der Waals surface area (Å²) in [6, 6.07) is 9.81. The molecule has 0 aliphatic carbocycles. The number of benzene rings is 1. The molecule has 0 unspecified atom stereocenters. The molecule has 1 N–H and O–H groups in total. The van der Waals surface area contributed by atoms with Gasteiger partial charge in [-0.25, -0.2) is 9.97 Å². The number of nitrogens with one attached hydrogen (secondary N) is 1. The first kappa shape index (κ1) is 19.8. The molecule has 3 aromatic heterocycles. The lowest BCUT2D eigenvalue weighted by atomic mass is 10.1. The molecule has 0 bridgehead atoms. The molecule has 0 radical (unpaired) electrons. The second-order valence-electron chi connectivity index (χ2n) is 7.99. The third kappa shape index (κ3) is 3.73. The van der Waals surface area contributed by atoms with Crippen LogP contribution in [0.25, 0.3) is 21.1 Å². The Kier molecular flexibility index (Phi) is 5.03. The summed E-state index contributed by atoms with van der Waals surface area (Å²) in [5.41, 5.74) is 2.52. The molecular formula is C23H24N6OS. The third-order valence-corrected chi connectivity index (χ3v) is 6.92. The Morgan fingerprint density at radius 3 is 2.68 bits per heavy atom. The smallest absolute Gasteiger partial charge is 0.266 e. The summed E-state index contributed by atoms with van der Waals surface area (Å²) < 4.78 is 0. The number of hydrogen-bond acceptors (Lipinski definition) is 7. The number of pyridine rings is 1. The van der Waals surface area contributed by atoms with Crippen molar-refractivity contribution in [1.29, 1.82) is 0 Å². The molecule has 4 heterocycles. The van der Waals surface area contributed by atoms with E-state index in [9.17, 15) is 4.79 Å². The van der Waals surface area contributed by atoms with Gasteiger partial charge >= 0.3 is 0 Å². The lowest BCUT2D eigenvalue weighted by molar-refractivity contribution is 0.103. The van der Waals surface area contributed by atoms with E-state index in [4.69, 9.17) is 4.98 Å². The number of hydrogen-bond donors (Lipinski definition) is 1. The highest BCUT2D eigenvalue weighted by Gasteiger charge is 2.24. The summed E-state index contributed by atoms with van der Waals surface area (Å²) in [5.74, 6) is 1.53. The minimum absolute atomic E-state index is 0.139. The molecular weight excluding hydrogens is 408 g/mol. The molecule has 1 amide bonds. The molecule has 1 fully saturated rings. The van der Waals surface area contributed by atoms with Gasteiger partial charge in [0.05, 0.1) is 27.7 Å². The number of aryl methyl sites for hydroxylation is 2. The van der Waals surface area contributed by atoms with E-state index in [1.165, 1.54) is 11.3 Å². The molecule has 158 valence electrons. The zero-order chi connectivity index (χ0) is 21.5. The molecule has 1 aliphatic heterocycles. The van der Waals surface area contributed by atoms with E-state index in [-0.39, 0.29) is 5.91 Å². The van der Waals surface area contributed by atoms with Crippen molar-refractivity contribution in [3.8, 4) is 0 Å². The number of nitrogens with zero attached hydrogens (tertiary/aromatic N) is 5. The first-order valence-corrected chi connectivity index (χ1v) is 11.2. The molecule has 0 atom stereocenters. The van der Waals surface area contributed by atoms with Crippen LogP contribution in [0.4, 0.5) is 11.5 Å². The Labute approximate surface area is 184 Å². The number of amides is 1. The quantitative estimate of drug-likeness (QED) is 0.530. The van der Waals surface area contributed by atoms with Crippen LogP contribution in [-0.2, 0) is 0 Å². The minimum Gasteiger partial charge on any atom is -0.353 e. The van der Waals surface area contributed by atoms with Gasteiger partial charge in [-0.1, -0.05) is 18.2 Å². The Bertz CT molecular complexity index is 1290. The van der Waals surface area contributed by atoms with Crippen molar-refractivity contribution < 1.29 is 4.79 Å². The number of aromatic nitrogens is 3. The molecule has 0 spiro atoms. The van der Waals surface area contributed by atoms with Crippen LogP contribution in [-0.4, -0.2) is 59.0 Å². The van der Waals surface area contributed by atoms with Gasteiger partial charge in [0.1, 0.15) is 16.5 Å². The van der Waals surface area contributed by atoms with Crippen molar-refractivity contribution in [3.63, 3.8) is 0 Å². The molecule has 0 saturated carbocycles. The summed E-state index contributed by atoms with van der Waals surface area (Å²) in [7, 11) is 2.14.